The number of sulfonamides is 1. The number of nitrogens with one attached hydrogen (secondary N) is 1. The van der Waals surface area contributed by atoms with E-state index in [1.165, 1.54) is 9.87 Å². The second-order valence-corrected chi connectivity index (χ2v) is 9.24. The number of benzene rings is 2. The molecule has 2 aromatic rings. The van der Waals surface area contributed by atoms with Crippen molar-refractivity contribution in [3.63, 3.8) is 0 Å². The Labute approximate surface area is 168 Å². The van der Waals surface area contributed by atoms with Gasteiger partial charge in [0.15, 0.2) is 0 Å². The highest BCUT2D eigenvalue weighted by atomic mass is 32.2. The Morgan fingerprint density at radius 3 is 2.14 bits per heavy atom. The van der Waals surface area contributed by atoms with Crippen LogP contribution in [-0.4, -0.2) is 26.6 Å². The van der Waals surface area contributed by atoms with E-state index in [9.17, 15) is 13.2 Å². The molecule has 2 rings (SSSR count). The van der Waals surface area contributed by atoms with Crippen molar-refractivity contribution in [2.75, 3.05) is 10.6 Å². The summed E-state index contributed by atoms with van der Waals surface area (Å²) in [7, 11) is -3.62. The normalized spacial score (nSPS) is 13.6. The topological polar surface area (TPSA) is 66.5 Å². The lowest BCUT2D eigenvalue weighted by Crippen LogP contribution is -2.48. The minimum Gasteiger partial charge on any atom is -0.347 e. The molecule has 0 aliphatic rings. The fourth-order valence-corrected chi connectivity index (χ4v) is 4.37. The molecule has 0 bridgehead atoms. The zero-order valence-corrected chi connectivity index (χ0v) is 18.3. The molecule has 0 saturated heterocycles. The SMILES string of the molecule is CC[C@H](NC(=O)[C@H](C)N(c1ccc(C)cc1)S(C)(=O)=O)c1ccc(C)c(C)c1. The maximum absolute atomic E-state index is 12.9. The summed E-state index contributed by atoms with van der Waals surface area (Å²) in [6.07, 6.45) is 1.83. The van der Waals surface area contributed by atoms with Crippen LogP contribution < -0.4 is 9.62 Å². The maximum Gasteiger partial charge on any atom is 0.244 e. The second kappa shape index (κ2) is 8.78. The van der Waals surface area contributed by atoms with Gasteiger partial charge >= 0.3 is 0 Å². The predicted octanol–water partition coefficient (Wildman–Crippen LogP) is 4.03. The first kappa shape index (κ1) is 22.0. The number of carbonyl (C=O) groups is 1. The molecule has 0 radical (unpaired) electrons. The first-order valence-corrected chi connectivity index (χ1v) is 11.3. The summed E-state index contributed by atoms with van der Waals surface area (Å²) < 4.78 is 26.0. The summed E-state index contributed by atoms with van der Waals surface area (Å²) in [6.45, 7) is 9.63. The van der Waals surface area contributed by atoms with Crippen molar-refractivity contribution in [3.8, 4) is 0 Å². The molecule has 0 saturated carbocycles. The van der Waals surface area contributed by atoms with E-state index < -0.39 is 16.1 Å². The maximum atomic E-state index is 12.9. The Kier molecular flexibility index (Phi) is 6.88. The third-order valence-corrected chi connectivity index (χ3v) is 6.28. The zero-order chi connectivity index (χ0) is 21.1. The summed E-state index contributed by atoms with van der Waals surface area (Å²) >= 11 is 0. The predicted molar refractivity (Wildman–Crippen MR) is 115 cm³/mol. The van der Waals surface area contributed by atoms with Crippen LogP contribution in [0.4, 0.5) is 5.69 Å². The van der Waals surface area contributed by atoms with Gasteiger partial charge in [0.25, 0.3) is 0 Å². The van der Waals surface area contributed by atoms with Gasteiger partial charge in [-0.2, -0.15) is 0 Å². The number of anilines is 1. The monoisotopic (exact) mass is 402 g/mol. The van der Waals surface area contributed by atoms with Gasteiger partial charge in [0, 0.05) is 0 Å². The molecule has 2 aromatic carbocycles. The average molecular weight is 403 g/mol. The van der Waals surface area contributed by atoms with Crippen LogP contribution in [0.3, 0.4) is 0 Å². The fraction of sp³-hybridized carbons (Fsp3) is 0.409. The molecule has 0 unspecified atom stereocenters. The van der Waals surface area contributed by atoms with E-state index in [4.69, 9.17) is 0 Å². The minimum absolute atomic E-state index is 0.173. The van der Waals surface area contributed by atoms with Crippen molar-refractivity contribution < 1.29 is 13.2 Å². The molecule has 0 spiro atoms. The molecule has 1 N–H and O–H groups in total. The number of rotatable bonds is 7. The lowest BCUT2D eigenvalue weighted by molar-refractivity contribution is -0.122. The third-order valence-electron chi connectivity index (χ3n) is 5.04. The standard InChI is InChI=1S/C22H30N2O3S/c1-7-21(19-11-10-16(3)17(4)14-19)23-22(25)18(5)24(28(6,26)27)20-12-8-15(2)9-13-20/h8-14,18,21H,7H2,1-6H3,(H,23,25)/t18-,21-/m0/s1. The molecule has 28 heavy (non-hydrogen) atoms. The summed E-state index contributed by atoms with van der Waals surface area (Å²) in [5.74, 6) is -0.323. The van der Waals surface area contributed by atoms with E-state index in [1.54, 1.807) is 19.1 Å². The summed E-state index contributed by atoms with van der Waals surface area (Å²) in [5.41, 5.74) is 4.88. The summed E-state index contributed by atoms with van der Waals surface area (Å²) in [6, 6.07) is 12.2. The molecule has 5 nitrogen and oxygen atoms in total. The van der Waals surface area contributed by atoms with Gasteiger partial charge in [-0.15, -0.1) is 0 Å². The number of hydrogen-bond donors (Lipinski definition) is 1. The molecule has 0 heterocycles. The Morgan fingerprint density at radius 1 is 1.04 bits per heavy atom. The van der Waals surface area contributed by atoms with Crippen LogP contribution in [0.25, 0.3) is 0 Å². The second-order valence-electron chi connectivity index (χ2n) is 7.38. The molecular weight excluding hydrogens is 372 g/mol. The van der Waals surface area contributed by atoms with Crippen molar-refractivity contribution in [3.05, 3.63) is 64.7 Å². The molecule has 0 aliphatic heterocycles. The first-order chi connectivity index (χ1) is 13.0. The third kappa shape index (κ3) is 5.13. The summed E-state index contributed by atoms with van der Waals surface area (Å²) in [5, 5.41) is 3.02. The molecule has 0 aromatic heterocycles. The number of hydrogen-bond acceptors (Lipinski definition) is 3. The van der Waals surface area contributed by atoms with Crippen LogP contribution in [0.1, 0.15) is 48.6 Å². The lowest BCUT2D eigenvalue weighted by atomic mass is 9.99. The first-order valence-electron chi connectivity index (χ1n) is 9.48. The molecule has 0 fully saturated rings. The van der Waals surface area contributed by atoms with Gasteiger partial charge < -0.3 is 5.32 Å². The number of nitrogens with zero attached hydrogens (tertiary/aromatic N) is 1. The Morgan fingerprint density at radius 2 is 1.64 bits per heavy atom. The Hall–Kier alpha value is -2.34. The van der Waals surface area contributed by atoms with Gasteiger partial charge in [-0.3, -0.25) is 9.10 Å². The minimum atomic E-state index is -3.62. The molecule has 152 valence electrons. The molecular formula is C22H30N2O3S. The van der Waals surface area contributed by atoms with Gasteiger partial charge in [0.2, 0.25) is 15.9 Å². The number of carbonyl (C=O) groups excluding carboxylic acids is 1. The van der Waals surface area contributed by atoms with Crippen molar-refractivity contribution in [1.29, 1.82) is 0 Å². The fourth-order valence-electron chi connectivity index (χ4n) is 3.20. The van der Waals surface area contributed by atoms with Crippen molar-refractivity contribution in [2.24, 2.45) is 0 Å². The summed E-state index contributed by atoms with van der Waals surface area (Å²) in [4.78, 5) is 12.9. The van der Waals surface area contributed by atoms with Crippen LogP contribution in [0.5, 0.6) is 0 Å². The van der Waals surface area contributed by atoms with Gasteiger partial charge in [0.05, 0.1) is 18.0 Å². The van der Waals surface area contributed by atoms with Crippen LogP contribution in [0.15, 0.2) is 42.5 Å². The zero-order valence-electron chi connectivity index (χ0n) is 17.5. The molecule has 2 atom stereocenters. The van der Waals surface area contributed by atoms with Gasteiger partial charge in [-0.1, -0.05) is 42.8 Å². The number of aryl methyl sites for hydroxylation is 3. The molecule has 6 heteroatoms. The highest BCUT2D eigenvalue weighted by molar-refractivity contribution is 7.92. The lowest BCUT2D eigenvalue weighted by Gasteiger charge is -2.30. The van der Waals surface area contributed by atoms with Crippen LogP contribution >= 0.6 is 0 Å². The van der Waals surface area contributed by atoms with Crippen LogP contribution in [0, 0.1) is 20.8 Å². The van der Waals surface area contributed by atoms with Crippen LogP contribution in [0.2, 0.25) is 0 Å². The smallest absolute Gasteiger partial charge is 0.244 e. The largest absolute Gasteiger partial charge is 0.347 e. The van der Waals surface area contributed by atoms with E-state index in [2.05, 4.69) is 11.4 Å². The highest BCUT2D eigenvalue weighted by Gasteiger charge is 2.30. The van der Waals surface area contributed by atoms with Gasteiger partial charge in [-0.05, 0) is 62.9 Å². The van der Waals surface area contributed by atoms with Gasteiger partial charge in [-0.25, -0.2) is 8.42 Å². The highest BCUT2D eigenvalue weighted by Crippen LogP contribution is 2.23. The Balaban J connectivity index is 2.28. The van der Waals surface area contributed by atoms with Crippen LogP contribution in [-0.2, 0) is 14.8 Å². The van der Waals surface area contributed by atoms with E-state index >= 15 is 0 Å². The van der Waals surface area contributed by atoms with E-state index in [0.717, 1.165) is 22.9 Å². The average Bonchev–Trinajstić information content (AvgIpc) is 2.62. The van der Waals surface area contributed by atoms with E-state index in [-0.39, 0.29) is 11.9 Å². The van der Waals surface area contributed by atoms with Crippen molar-refractivity contribution in [2.45, 2.75) is 53.1 Å². The van der Waals surface area contributed by atoms with E-state index in [1.807, 2.05) is 52.0 Å². The Bertz CT molecular complexity index is 937. The molecule has 1 amide bonds. The van der Waals surface area contributed by atoms with E-state index in [0.29, 0.717) is 12.1 Å². The van der Waals surface area contributed by atoms with Crippen molar-refractivity contribution in [1.82, 2.24) is 5.32 Å². The van der Waals surface area contributed by atoms with Crippen molar-refractivity contribution >= 4 is 21.6 Å². The molecule has 0 aliphatic carbocycles. The number of amides is 1. The van der Waals surface area contributed by atoms with Gasteiger partial charge in [0.1, 0.15) is 6.04 Å². The quantitative estimate of drug-likeness (QED) is 0.760.